The number of likely N-dealkylation sites (tertiary alicyclic amines) is 1. The lowest BCUT2D eigenvalue weighted by molar-refractivity contribution is -0.137. The first-order chi connectivity index (χ1) is 13.8. The number of likely N-dealkylation sites (N-methyl/N-ethyl adjacent to an activating group) is 1. The predicted octanol–water partition coefficient (Wildman–Crippen LogP) is 3.92. The number of halogens is 3. The van der Waals surface area contributed by atoms with E-state index >= 15 is 0 Å². The van der Waals surface area contributed by atoms with E-state index in [1.807, 2.05) is 0 Å². The standard InChI is InChI=1S/C20H20F3N5O/c1-28-8-2-3-13(11-28)25-19-16-10-24-7-6-14(16)18(26-27-19)15-5-4-12(9-17(15)29)20(21,22)23/h4-7,9-10,13,29H,2-3,8,11H2,1H3,(H,25,27)/t13-/m1/s1. The Balaban J connectivity index is 1.74. The first-order valence-corrected chi connectivity index (χ1v) is 9.29. The number of nitrogens with zero attached hydrogens (tertiary/aromatic N) is 4. The highest BCUT2D eigenvalue weighted by molar-refractivity contribution is 6.00. The maximum Gasteiger partial charge on any atom is 0.416 e. The average molecular weight is 403 g/mol. The van der Waals surface area contributed by atoms with Gasteiger partial charge in [0.05, 0.1) is 5.56 Å². The molecule has 0 aliphatic carbocycles. The molecule has 4 rings (SSSR count). The third kappa shape index (κ3) is 3.95. The van der Waals surface area contributed by atoms with E-state index in [1.165, 1.54) is 6.07 Å². The largest absolute Gasteiger partial charge is 0.507 e. The Labute approximate surface area is 165 Å². The van der Waals surface area contributed by atoms with Crippen molar-refractivity contribution in [2.45, 2.75) is 25.1 Å². The van der Waals surface area contributed by atoms with Gasteiger partial charge >= 0.3 is 6.18 Å². The summed E-state index contributed by atoms with van der Waals surface area (Å²) in [5, 5.41) is 23.5. The molecule has 1 fully saturated rings. The lowest BCUT2D eigenvalue weighted by Gasteiger charge is -2.30. The van der Waals surface area contributed by atoms with Crippen molar-refractivity contribution in [2.75, 3.05) is 25.5 Å². The molecule has 2 aromatic heterocycles. The van der Waals surface area contributed by atoms with Crippen LogP contribution in [0.2, 0.25) is 0 Å². The number of aromatic nitrogens is 3. The smallest absolute Gasteiger partial charge is 0.416 e. The van der Waals surface area contributed by atoms with Crippen molar-refractivity contribution in [3.05, 3.63) is 42.2 Å². The number of pyridine rings is 1. The fraction of sp³-hybridized carbons (Fsp3) is 0.350. The summed E-state index contributed by atoms with van der Waals surface area (Å²) in [5.74, 6) is 0.0744. The molecule has 152 valence electrons. The molecule has 0 saturated carbocycles. The third-order valence-electron chi connectivity index (χ3n) is 5.13. The van der Waals surface area contributed by atoms with Gasteiger partial charge in [-0.1, -0.05) is 0 Å². The number of alkyl halides is 3. The van der Waals surface area contributed by atoms with Gasteiger partial charge in [0.1, 0.15) is 11.4 Å². The van der Waals surface area contributed by atoms with Crippen LogP contribution in [0.25, 0.3) is 22.0 Å². The summed E-state index contributed by atoms with van der Waals surface area (Å²) < 4.78 is 38.7. The number of hydrogen-bond acceptors (Lipinski definition) is 6. The Morgan fingerprint density at radius 2 is 2.00 bits per heavy atom. The molecule has 29 heavy (non-hydrogen) atoms. The van der Waals surface area contributed by atoms with Gasteiger partial charge in [-0.05, 0) is 50.7 Å². The van der Waals surface area contributed by atoms with Crippen LogP contribution in [-0.2, 0) is 6.18 Å². The highest BCUT2D eigenvalue weighted by Crippen LogP contribution is 2.38. The van der Waals surface area contributed by atoms with E-state index in [-0.39, 0.29) is 11.6 Å². The van der Waals surface area contributed by atoms with E-state index in [2.05, 4.69) is 32.4 Å². The molecule has 3 heterocycles. The van der Waals surface area contributed by atoms with Gasteiger partial charge in [0.25, 0.3) is 0 Å². The van der Waals surface area contributed by atoms with Crippen LogP contribution in [0.5, 0.6) is 5.75 Å². The van der Waals surface area contributed by atoms with Crippen molar-refractivity contribution in [3.63, 3.8) is 0 Å². The molecular formula is C20H20F3N5O. The molecule has 2 N–H and O–H groups in total. The predicted molar refractivity (Wildman–Crippen MR) is 104 cm³/mol. The Morgan fingerprint density at radius 1 is 1.17 bits per heavy atom. The molecule has 1 atom stereocenters. The number of hydrogen-bond donors (Lipinski definition) is 2. The molecule has 0 bridgehead atoms. The summed E-state index contributed by atoms with van der Waals surface area (Å²) in [6.07, 6.45) is 0.773. The minimum absolute atomic E-state index is 0.186. The molecule has 6 nitrogen and oxygen atoms in total. The summed E-state index contributed by atoms with van der Waals surface area (Å²) in [4.78, 5) is 6.40. The minimum Gasteiger partial charge on any atom is -0.507 e. The number of fused-ring (bicyclic) bond motifs is 1. The fourth-order valence-corrected chi connectivity index (χ4v) is 3.69. The summed E-state index contributed by atoms with van der Waals surface area (Å²) in [6, 6.07) is 4.78. The van der Waals surface area contributed by atoms with Gasteiger partial charge in [-0.25, -0.2) is 0 Å². The van der Waals surface area contributed by atoms with Gasteiger partial charge < -0.3 is 15.3 Å². The Hall–Kier alpha value is -2.94. The zero-order valence-electron chi connectivity index (χ0n) is 15.7. The number of aromatic hydroxyl groups is 1. The van der Waals surface area contributed by atoms with E-state index in [0.29, 0.717) is 28.4 Å². The van der Waals surface area contributed by atoms with Crippen LogP contribution >= 0.6 is 0 Å². The SMILES string of the molecule is CN1CCC[C@@H](Nc2nnc(-c3ccc(C(F)(F)F)cc3O)c3ccncc23)C1. The van der Waals surface area contributed by atoms with Crippen LogP contribution < -0.4 is 5.32 Å². The summed E-state index contributed by atoms with van der Waals surface area (Å²) in [6.45, 7) is 1.93. The molecule has 3 aromatic rings. The molecule has 1 aliphatic rings. The Kier molecular flexibility index (Phi) is 4.99. The number of phenols is 1. The molecular weight excluding hydrogens is 383 g/mol. The van der Waals surface area contributed by atoms with Crippen molar-refractivity contribution >= 4 is 16.6 Å². The molecule has 1 aliphatic heterocycles. The van der Waals surface area contributed by atoms with E-state index in [4.69, 9.17) is 0 Å². The number of benzene rings is 1. The summed E-state index contributed by atoms with van der Waals surface area (Å²) in [5.41, 5.74) is -0.428. The fourth-order valence-electron chi connectivity index (χ4n) is 3.69. The summed E-state index contributed by atoms with van der Waals surface area (Å²) in [7, 11) is 2.07. The second-order valence-electron chi connectivity index (χ2n) is 7.29. The van der Waals surface area contributed by atoms with E-state index in [9.17, 15) is 18.3 Å². The van der Waals surface area contributed by atoms with Crippen molar-refractivity contribution in [2.24, 2.45) is 0 Å². The normalized spacial score (nSPS) is 18.1. The molecule has 1 saturated heterocycles. The van der Waals surface area contributed by atoms with Crippen molar-refractivity contribution < 1.29 is 18.3 Å². The maximum absolute atomic E-state index is 12.9. The van der Waals surface area contributed by atoms with Crippen LogP contribution in [0, 0.1) is 0 Å². The van der Waals surface area contributed by atoms with Gasteiger partial charge in [-0.2, -0.15) is 13.2 Å². The Morgan fingerprint density at radius 3 is 2.72 bits per heavy atom. The second kappa shape index (κ2) is 7.47. The number of piperidine rings is 1. The molecule has 0 amide bonds. The molecule has 0 spiro atoms. The molecule has 0 unspecified atom stereocenters. The topological polar surface area (TPSA) is 74.2 Å². The van der Waals surface area contributed by atoms with Crippen LogP contribution in [0.15, 0.2) is 36.7 Å². The van der Waals surface area contributed by atoms with Crippen LogP contribution in [-0.4, -0.2) is 51.4 Å². The Bertz CT molecular complexity index is 1040. The number of phenolic OH excluding ortho intramolecular Hbond substituents is 1. The second-order valence-corrected chi connectivity index (χ2v) is 7.29. The van der Waals surface area contributed by atoms with Crippen molar-refractivity contribution in [1.29, 1.82) is 0 Å². The number of rotatable bonds is 3. The molecule has 0 radical (unpaired) electrons. The first kappa shape index (κ1) is 19.4. The van der Waals surface area contributed by atoms with Crippen LogP contribution in [0.4, 0.5) is 19.0 Å². The first-order valence-electron chi connectivity index (χ1n) is 9.29. The molecule has 9 heteroatoms. The van der Waals surface area contributed by atoms with E-state index in [1.54, 1.807) is 18.5 Å². The summed E-state index contributed by atoms with van der Waals surface area (Å²) >= 11 is 0. The average Bonchev–Trinajstić information content (AvgIpc) is 2.68. The van der Waals surface area contributed by atoms with Gasteiger partial charge in [0.15, 0.2) is 5.82 Å². The van der Waals surface area contributed by atoms with Gasteiger partial charge in [0.2, 0.25) is 0 Å². The zero-order valence-corrected chi connectivity index (χ0v) is 15.7. The lowest BCUT2D eigenvalue weighted by atomic mass is 10.0. The maximum atomic E-state index is 12.9. The third-order valence-corrected chi connectivity index (χ3v) is 5.13. The van der Waals surface area contributed by atoms with E-state index < -0.39 is 17.5 Å². The quantitative estimate of drug-likeness (QED) is 0.691. The lowest BCUT2D eigenvalue weighted by Crippen LogP contribution is -2.40. The van der Waals surface area contributed by atoms with Crippen LogP contribution in [0.3, 0.4) is 0 Å². The number of anilines is 1. The minimum atomic E-state index is -4.53. The molecule has 1 aromatic carbocycles. The van der Waals surface area contributed by atoms with Crippen molar-refractivity contribution in [3.8, 4) is 17.0 Å². The van der Waals surface area contributed by atoms with E-state index in [0.717, 1.165) is 32.0 Å². The monoisotopic (exact) mass is 403 g/mol. The highest BCUT2D eigenvalue weighted by atomic mass is 19.4. The van der Waals surface area contributed by atoms with Gasteiger partial charge in [-0.15, -0.1) is 10.2 Å². The van der Waals surface area contributed by atoms with Crippen LogP contribution in [0.1, 0.15) is 18.4 Å². The zero-order chi connectivity index (χ0) is 20.6. The highest BCUT2D eigenvalue weighted by Gasteiger charge is 2.31. The number of nitrogens with one attached hydrogen (secondary N) is 1. The van der Waals surface area contributed by atoms with Gasteiger partial charge in [-0.3, -0.25) is 4.98 Å². The van der Waals surface area contributed by atoms with Gasteiger partial charge in [0, 0.05) is 41.3 Å². The van der Waals surface area contributed by atoms with Crippen molar-refractivity contribution in [1.82, 2.24) is 20.1 Å².